The van der Waals surface area contributed by atoms with E-state index in [2.05, 4.69) is 149 Å². The average molecular weight is 1000 g/mol. The molecule has 0 saturated carbocycles. The highest BCUT2D eigenvalue weighted by Gasteiger charge is 2.34. The summed E-state index contributed by atoms with van der Waals surface area (Å²) in [5.41, 5.74) is 11.5. The maximum atomic E-state index is 12.3. The summed E-state index contributed by atoms with van der Waals surface area (Å²) in [6.07, 6.45) is 0. The van der Waals surface area contributed by atoms with E-state index in [4.69, 9.17) is 13.7 Å². The van der Waals surface area contributed by atoms with Gasteiger partial charge >= 0.3 is 0 Å². The third-order valence-corrected chi connectivity index (χ3v) is 18.2. The minimum Gasteiger partial charge on any atom is -0.454 e. The van der Waals surface area contributed by atoms with Crippen molar-refractivity contribution in [3.8, 4) is 39.7 Å². The van der Waals surface area contributed by atoms with Crippen LogP contribution in [0.5, 0.6) is 0 Å². The molecule has 0 N–H and O–H groups in total. The lowest BCUT2D eigenvalue weighted by molar-refractivity contribution is 0.669. The molecule has 76 heavy (non-hydrogen) atoms. The molecule has 0 unspecified atom stereocenters. The van der Waals surface area contributed by atoms with E-state index in [0.717, 1.165) is 113 Å². The second kappa shape index (κ2) is 15.3. The molecule has 0 fully saturated rings. The van der Waals surface area contributed by atoms with Gasteiger partial charge < -0.3 is 18.0 Å². The first kappa shape index (κ1) is 41.5. The Labute approximate surface area is 439 Å². The number of benzene rings is 11. The maximum Gasteiger partial charge on any atom is 0.220 e. The van der Waals surface area contributed by atoms with E-state index in [1.54, 1.807) is 22.7 Å². The number of hydrogen-bond acceptors (Lipinski definition) is 5. The number of rotatable bonds is 4. The number of nitriles is 1. The van der Waals surface area contributed by atoms with E-state index in [0.29, 0.717) is 39.4 Å². The Bertz CT molecular complexity index is 4940. The van der Waals surface area contributed by atoms with Crippen molar-refractivity contribution < 1.29 is 8.83 Å². The second-order valence-electron chi connectivity index (χ2n) is 19.5. The Morgan fingerprint density at radius 3 is 1.26 bits per heavy atom. The lowest BCUT2D eigenvalue weighted by Crippen LogP contribution is -2.09. The van der Waals surface area contributed by atoms with E-state index in [9.17, 15) is 11.8 Å². The van der Waals surface area contributed by atoms with Crippen LogP contribution in [0.25, 0.3) is 166 Å². The summed E-state index contributed by atoms with van der Waals surface area (Å²) in [4.78, 5) is 4.70. The van der Waals surface area contributed by atoms with Crippen molar-refractivity contribution in [3.05, 3.63) is 223 Å². The Morgan fingerprint density at radius 2 is 0.776 bits per heavy atom. The van der Waals surface area contributed by atoms with E-state index in [-0.39, 0.29) is 0 Å². The summed E-state index contributed by atoms with van der Waals surface area (Å²) < 4.78 is 23.5. The van der Waals surface area contributed by atoms with Gasteiger partial charge in [-0.15, -0.1) is 22.7 Å². The minimum atomic E-state index is 0.361. The van der Waals surface area contributed by atoms with Gasteiger partial charge in [-0.3, -0.25) is 0 Å². The second-order valence-corrected chi connectivity index (χ2v) is 21.6. The summed E-state index contributed by atoms with van der Waals surface area (Å²) in [6, 6.07) is 74.7. The molecule has 0 amide bonds. The van der Waals surface area contributed by atoms with Crippen molar-refractivity contribution in [3.63, 3.8) is 0 Å². The van der Waals surface area contributed by atoms with E-state index in [1.807, 2.05) is 72.8 Å². The van der Waals surface area contributed by atoms with Crippen LogP contribution in [0.4, 0.5) is 5.69 Å². The standard InChI is InChI=1S/C68H34N4O2S2/c1-70-58-56(37-16-4-2-5-17-37)51(36-69)59(71-60-43(28-32-47-39-20-8-12-24-52(39)73-65(47)60)44-29-33-48-40-21-9-13-25-53(40)74-66(48)61(44)71)57(38-18-6-3-7-19-38)64(58)72-62-45(30-34-49-41-22-10-14-26-54(41)75-67(49)62)46-31-35-50-42-23-11-15-27-55(42)76-68(50)63(46)72/h2-35H. The smallest absolute Gasteiger partial charge is 0.220 e. The molecule has 0 spiro atoms. The minimum absolute atomic E-state index is 0.361. The molecule has 0 radical (unpaired) electrons. The molecular formula is C68H34N4O2S2. The van der Waals surface area contributed by atoms with Crippen LogP contribution in [0.2, 0.25) is 0 Å². The quantitative estimate of drug-likeness (QED) is 0.165. The molecule has 11 aromatic carbocycles. The zero-order valence-electron chi connectivity index (χ0n) is 40.1. The summed E-state index contributed by atoms with van der Waals surface area (Å²) in [6.45, 7) is 9.64. The molecule has 17 aromatic rings. The third-order valence-electron chi connectivity index (χ3n) is 15.8. The van der Waals surface area contributed by atoms with E-state index >= 15 is 0 Å². The largest absolute Gasteiger partial charge is 0.454 e. The van der Waals surface area contributed by atoms with Crippen molar-refractivity contribution in [1.29, 1.82) is 5.26 Å². The Morgan fingerprint density at radius 1 is 0.382 bits per heavy atom. The number of aromatic nitrogens is 2. The van der Waals surface area contributed by atoms with Crippen LogP contribution in [0, 0.1) is 17.9 Å². The van der Waals surface area contributed by atoms with Crippen LogP contribution < -0.4 is 0 Å². The third kappa shape index (κ3) is 5.35. The molecule has 6 nitrogen and oxygen atoms in total. The van der Waals surface area contributed by atoms with Gasteiger partial charge in [0.05, 0.1) is 55.0 Å². The van der Waals surface area contributed by atoms with Gasteiger partial charge in [0.2, 0.25) is 5.69 Å². The molecule has 0 bridgehead atoms. The van der Waals surface area contributed by atoms with E-state index in [1.165, 1.54) is 20.2 Å². The predicted molar refractivity (Wildman–Crippen MR) is 317 cm³/mol. The van der Waals surface area contributed by atoms with Crippen molar-refractivity contribution in [2.24, 2.45) is 0 Å². The molecule has 6 heterocycles. The van der Waals surface area contributed by atoms with E-state index < -0.39 is 0 Å². The number of hydrogen-bond donors (Lipinski definition) is 0. The normalized spacial score (nSPS) is 12.2. The maximum absolute atomic E-state index is 12.3. The highest BCUT2D eigenvalue weighted by Crippen LogP contribution is 2.56. The van der Waals surface area contributed by atoms with Gasteiger partial charge in [-0.05, 0) is 47.5 Å². The van der Waals surface area contributed by atoms with Crippen LogP contribution in [-0.4, -0.2) is 9.13 Å². The molecule has 0 aliphatic carbocycles. The van der Waals surface area contributed by atoms with Gasteiger partial charge in [-0.1, -0.05) is 170 Å². The van der Waals surface area contributed by atoms with Crippen LogP contribution in [0.1, 0.15) is 5.56 Å². The molecule has 0 aliphatic heterocycles. The van der Waals surface area contributed by atoms with Gasteiger partial charge in [0.15, 0.2) is 11.2 Å². The van der Waals surface area contributed by atoms with Gasteiger partial charge in [-0.25, -0.2) is 4.85 Å². The number of nitrogens with zero attached hydrogens (tertiary/aromatic N) is 4. The predicted octanol–water partition coefficient (Wildman–Crippen LogP) is 20.2. The van der Waals surface area contributed by atoms with Crippen molar-refractivity contribution >= 4 is 156 Å². The van der Waals surface area contributed by atoms with Gasteiger partial charge in [-0.2, -0.15) is 5.26 Å². The monoisotopic (exact) mass is 1000 g/mol. The van der Waals surface area contributed by atoms with Crippen LogP contribution in [0.3, 0.4) is 0 Å². The van der Waals surface area contributed by atoms with Crippen molar-refractivity contribution in [1.82, 2.24) is 9.13 Å². The number of furan rings is 2. The van der Waals surface area contributed by atoms with Gasteiger partial charge in [0.1, 0.15) is 17.2 Å². The summed E-state index contributed by atoms with van der Waals surface area (Å²) >= 11 is 3.57. The number of thiophene rings is 2. The Balaban J connectivity index is 1.20. The molecular weight excluding hydrogens is 969 g/mol. The molecule has 6 aromatic heterocycles. The molecule has 350 valence electrons. The molecule has 8 heteroatoms. The van der Waals surface area contributed by atoms with Crippen molar-refractivity contribution in [2.45, 2.75) is 0 Å². The van der Waals surface area contributed by atoms with Gasteiger partial charge in [0, 0.05) is 85.2 Å². The highest BCUT2D eigenvalue weighted by atomic mass is 32.1. The van der Waals surface area contributed by atoms with Crippen LogP contribution in [0.15, 0.2) is 215 Å². The topological polar surface area (TPSA) is 64.3 Å². The highest BCUT2D eigenvalue weighted by molar-refractivity contribution is 7.27. The first-order valence-corrected chi connectivity index (χ1v) is 26.8. The van der Waals surface area contributed by atoms with Gasteiger partial charge in [0.25, 0.3) is 0 Å². The molecule has 0 saturated heterocycles. The Kier molecular flexibility index (Phi) is 8.36. The fraction of sp³-hybridized carbons (Fsp3) is 0. The molecule has 0 aliphatic rings. The summed E-state index contributed by atoms with van der Waals surface area (Å²) in [7, 11) is 0. The average Bonchev–Trinajstić information content (AvgIpc) is 4.41. The van der Waals surface area contributed by atoms with Crippen molar-refractivity contribution in [2.75, 3.05) is 0 Å². The zero-order valence-corrected chi connectivity index (χ0v) is 41.7. The fourth-order valence-corrected chi connectivity index (χ4v) is 15.1. The first-order valence-electron chi connectivity index (χ1n) is 25.2. The molecule has 17 rings (SSSR count). The summed E-state index contributed by atoms with van der Waals surface area (Å²) in [5.74, 6) is 0. The SMILES string of the molecule is [C-]#[N+]c1c(-c2ccccc2)c(C#N)c(-n2c3c(ccc4c5ccccc5oc43)c3ccc4c5ccccc5oc4c32)c(-c2ccccc2)c1-n1c2c(ccc3c4ccccc4sc32)c2ccc3c4ccccc4sc3c21. The number of fused-ring (bicyclic) bond motifs is 22. The lowest BCUT2D eigenvalue weighted by atomic mass is 9.88. The lowest BCUT2D eigenvalue weighted by Gasteiger charge is -2.26. The summed E-state index contributed by atoms with van der Waals surface area (Å²) in [5, 5.41) is 25.0. The van der Waals surface area contributed by atoms with Crippen LogP contribution in [-0.2, 0) is 0 Å². The fourth-order valence-electron chi connectivity index (χ4n) is 12.7. The zero-order chi connectivity index (χ0) is 49.9. The number of para-hydroxylation sites is 2. The Hall–Kier alpha value is -9.96. The first-order chi connectivity index (χ1) is 37.7. The van der Waals surface area contributed by atoms with Crippen LogP contribution >= 0.6 is 22.7 Å². The molecule has 0 atom stereocenters.